The Hall–Kier alpha value is -2.26. The van der Waals surface area contributed by atoms with Gasteiger partial charge in [-0.1, -0.05) is 26.0 Å². The average molecular weight is 407 g/mol. The zero-order valence-corrected chi connectivity index (χ0v) is 16.2. The fourth-order valence-electron chi connectivity index (χ4n) is 2.01. The molecule has 0 radical (unpaired) electrons. The van der Waals surface area contributed by atoms with Gasteiger partial charge in [0.15, 0.2) is 11.5 Å². The molecular weight excluding hydrogens is 384 g/mol. The van der Waals surface area contributed by atoms with Crippen LogP contribution in [0.15, 0.2) is 34.8 Å². The van der Waals surface area contributed by atoms with Gasteiger partial charge in [0.1, 0.15) is 18.2 Å². The highest BCUT2D eigenvalue weighted by Gasteiger charge is 2.13. The molecule has 0 saturated heterocycles. The van der Waals surface area contributed by atoms with Gasteiger partial charge in [-0.15, -0.1) is 0 Å². The van der Waals surface area contributed by atoms with Crippen molar-refractivity contribution in [2.24, 2.45) is 0 Å². The highest BCUT2D eigenvalue weighted by Crippen LogP contribution is 2.37. The number of amides is 1. The van der Waals surface area contributed by atoms with Crippen LogP contribution < -0.4 is 14.8 Å². The van der Waals surface area contributed by atoms with Crippen LogP contribution in [0.5, 0.6) is 11.5 Å². The number of hydrogen-bond donors (Lipinski definition) is 1. The van der Waals surface area contributed by atoms with Crippen LogP contribution >= 0.6 is 15.9 Å². The number of nitriles is 1. The fraction of sp³-hybridized carbons (Fsp3) is 0.368. The van der Waals surface area contributed by atoms with Crippen LogP contribution in [0.3, 0.4) is 0 Å². The molecule has 0 saturated carbocycles. The fourth-order valence-corrected chi connectivity index (χ4v) is 2.58. The number of benzene rings is 1. The molecule has 6 heteroatoms. The van der Waals surface area contributed by atoms with Crippen molar-refractivity contribution in [3.05, 3.63) is 40.4 Å². The van der Waals surface area contributed by atoms with E-state index in [1.165, 1.54) is 6.08 Å². The maximum absolute atomic E-state index is 12.1. The Morgan fingerprint density at radius 1 is 1.40 bits per heavy atom. The first-order valence-electron chi connectivity index (χ1n) is 8.17. The lowest BCUT2D eigenvalue weighted by molar-refractivity contribution is -0.117. The van der Waals surface area contributed by atoms with Crippen LogP contribution in [-0.2, 0) is 4.79 Å². The van der Waals surface area contributed by atoms with Crippen LogP contribution in [0.1, 0.15) is 32.3 Å². The molecule has 0 heterocycles. The predicted octanol–water partition coefficient (Wildman–Crippen LogP) is 4.24. The second-order valence-electron chi connectivity index (χ2n) is 5.14. The van der Waals surface area contributed by atoms with Gasteiger partial charge in [-0.2, -0.15) is 5.26 Å². The molecular formula is C19H23BrN2O3. The van der Waals surface area contributed by atoms with Crippen molar-refractivity contribution in [1.82, 2.24) is 5.32 Å². The summed E-state index contributed by atoms with van der Waals surface area (Å²) in [5.41, 5.74) is 0.716. The summed E-state index contributed by atoms with van der Waals surface area (Å²) >= 11 is 3.45. The van der Waals surface area contributed by atoms with Crippen molar-refractivity contribution in [2.45, 2.75) is 26.7 Å². The molecule has 0 bridgehead atoms. The quantitative estimate of drug-likeness (QED) is 0.273. The minimum Gasteiger partial charge on any atom is -0.490 e. The van der Waals surface area contributed by atoms with E-state index in [1.807, 2.05) is 19.9 Å². The standard InChI is InChI=1S/C19H23BrN2O3/c1-4-7-8-22-19(23)15(13-21)10-14-11-16(20)18(25-9-5-2)17(12-14)24-6-3/h5,10-12H,2,4,6-9H2,1,3H3,(H,22,23)/b15-10+. The normalized spacial score (nSPS) is 10.7. The molecule has 5 nitrogen and oxygen atoms in total. The molecule has 1 N–H and O–H groups in total. The first-order valence-corrected chi connectivity index (χ1v) is 8.96. The van der Waals surface area contributed by atoms with Crippen molar-refractivity contribution in [1.29, 1.82) is 5.26 Å². The third kappa shape index (κ3) is 6.63. The highest BCUT2D eigenvalue weighted by molar-refractivity contribution is 9.10. The number of carbonyl (C=O) groups excluding carboxylic acids is 1. The second-order valence-corrected chi connectivity index (χ2v) is 6.00. The van der Waals surface area contributed by atoms with Gasteiger partial charge in [0.05, 0.1) is 11.1 Å². The Morgan fingerprint density at radius 3 is 2.76 bits per heavy atom. The molecule has 1 aromatic rings. The summed E-state index contributed by atoms with van der Waals surface area (Å²) < 4.78 is 11.9. The first kappa shape index (κ1) is 20.8. The van der Waals surface area contributed by atoms with Gasteiger partial charge >= 0.3 is 0 Å². The van der Waals surface area contributed by atoms with Gasteiger partial charge in [0.2, 0.25) is 0 Å². The molecule has 0 aliphatic heterocycles. The minimum atomic E-state index is -0.378. The lowest BCUT2D eigenvalue weighted by Crippen LogP contribution is -2.25. The monoisotopic (exact) mass is 406 g/mol. The van der Waals surface area contributed by atoms with Gasteiger partial charge in [0, 0.05) is 6.54 Å². The Kier molecular flexibility index (Phi) is 9.41. The molecule has 134 valence electrons. The van der Waals surface area contributed by atoms with E-state index in [2.05, 4.69) is 27.8 Å². The largest absolute Gasteiger partial charge is 0.490 e. The summed E-state index contributed by atoms with van der Waals surface area (Å²) in [7, 11) is 0. The topological polar surface area (TPSA) is 71.3 Å². The van der Waals surface area contributed by atoms with Gasteiger partial charge in [-0.3, -0.25) is 4.79 Å². The van der Waals surface area contributed by atoms with Crippen LogP contribution in [0.4, 0.5) is 0 Å². The van der Waals surface area contributed by atoms with Gasteiger partial charge < -0.3 is 14.8 Å². The van der Waals surface area contributed by atoms with Gasteiger partial charge in [-0.05, 0) is 53.0 Å². The number of halogens is 1. The van der Waals surface area contributed by atoms with Crippen LogP contribution in [0.2, 0.25) is 0 Å². The lowest BCUT2D eigenvalue weighted by atomic mass is 10.1. The Balaban J connectivity index is 3.12. The summed E-state index contributed by atoms with van der Waals surface area (Å²) in [6.45, 7) is 8.90. The maximum atomic E-state index is 12.1. The van der Waals surface area contributed by atoms with E-state index < -0.39 is 0 Å². The van der Waals surface area contributed by atoms with E-state index in [9.17, 15) is 10.1 Å². The molecule has 0 spiro atoms. The van der Waals surface area contributed by atoms with Crippen LogP contribution in [0, 0.1) is 11.3 Å². The number of carbonyl (C=O) groups is 1. The van der Waals surface area contributed by atoms with Crippen LogP contribution in [0.25, 0.3) is 6.08 Å². The molecule has 1 rings (SSSR count). The van der Waals surface area contributed by atoms with Gasteiger partial charge in [0.25, 0.3) is 5.91 Å². The number of ether oxygens (including phenoxy) is 2. The van der Waals surface area contributed by atoms with E-state index in [-0.39, 0.29) is 11.5 Å². The predicted molar refractivity (Wildman–Crippen MR) is 103 cm³/mol. The third-order valence-electron chi connectivity index (χ3n) is 3.17. The van der Waals surface area contributed by atoms with E-state index in [0.29, 0.717) is 41.3 Å². The summed E-state index contributed by atoms with van der Waals surface area (Å²) in [5.74, 6) is 0.718. The molecule has 0 aliphatic carbocycles. The van der Waals surface area contributed by atoms with Crippen molar-refractivity contribution in [3.63, 3.8) is 0 Å². The molecule has 0 aromatic heterocycles. The molecule has 0 unspecified atom stereocenters. The van der Waals surface area contributed by atoms with Crippen molar-refractivity contribution < 1.29 is 14.3 Å². The molecule has 0 aliphatic rings. The van der Waals surface area contributed by atoms with E-state index in [4.69, 9.17) is 9.47 Å². The summed E-state index contributed by atoms with van der Waals surface area (Å²) in [4.78, 5) is 12.1. The third-order valence-corrected chi connectivity index (χ3v) is 3.76. The first-order chi connectivity index (χ1) is 12.1. The van der Waals surface area contributed by atoms with E-state index >= 15 is 0 Å². The zero-order chi connectivity index (χ0) is 18.7. The van der Waals surface area contributed by atoms with Crippen molar-refractivity contribution in [2.75, 3.05) is 19.8 Å². The summed E-state index contributed by atoms with van der Waals surface area (Å²) in [6, 6.07) is 5.46. The van der Waals surface area contributed by atoms with E-state index in [1.54, 1.807) is 18.2 Å². The number of unbranched alkanes of at least 4 members (excludes halogenated alkanes) is 1. The Morgan fingerprint density at radius 2 is 2.16 bits per heavy atom. The zero-order valence-electron chi connectivity index (χ0n) is 14.6. The second kappa shape index (κ2) is 11.3. The molecule has 25 heavy (non-hydrogen) atoms. The lowest BCUT2D eigenvalue weighted by Gasteiger charge is -2.14. The average Bonchev–Trinajstić information content (AvgIpc) is 2.59. The van der Waals surface area contributed by atoms with Crippen LogP contribution in [-0.4, -0.2) is 25.7 Å². The molecule has 1 aromatic carbocycles. The maximum Gasteiger partial charge on any atom is 0.261 e. The number of rotatable bonds is 10. The molecule has 0 atom stereocenters. The molecule has 0 fully saturated rings. The number of nitrogens with zero attached hydrogens (tertiary/aromatic N) is 1. The SMILES string of the molecule is C=CCOc1c(Br)cc(/C=C(\C#N)C(=O)NCCCC)cc1OCC. The van der Waals surface area contributed by atoms with Crippen molar-refractivity contribution in [3.8, 4) is 17.6 Å². The Bertz CT molecular complexity index is 678. The highest BCUT2D eigenvalue weighted by atomic mass is 79.9. The van der Waals surface area contributed by atoms with E-state index in [0.717, 1.165) is 12.8 Å². The summed E-state index contributed by atoms with van der Waals surface area (Å²) in [5, 5.41) is 12.0. The Labute approximate surface area is 157 Å². The molecule has 1 amide bonds. The smallest absolute Gasteiger partial charge is 0.261 e. The van der Waals surface area contributed by atoms with Gasteiger partial charge in [-0.25, -0.2) is 0 Å². The summed E-state index contributed by atoms with van der Waals surface area (Å²) in [6.07, 6.45) is 5.03. The minimum absolute atomic E-state index is 0.0465. The number of nitrogens with one attached hydrogen (secondary N) is 1. The van der Waals surface area contributed by atoms with Crippen molar-refractivity contribution >= 4 is 27.9 Å². The number of hydrogen-bond acceptors (Lipinski definition) is 4.